The molecule has 0 saturated carbocycles. The van der Waals surface area contributed by atoms with Crippen molar-refractivity contribution in [2.75, 3.05) is 0 Å². The Morgan fingerprint density at radius 1 is 1.09 bits per heavy atom. The number of hydrogen-bond donors (Lipinski definition) is 2. The number of aromatic carboxylic acids is 1. The fourth-order valence-electron chi connectivity index (χ4n) is 2.18. The Hall–Kier alpha value is -3.46. The Balaban J connectivity index is 2.10. The summed E-state index contributed by atoms with van der Waals surface area (Å²) in [5.41, 5.74) is 1.81. The number of aromatic amines is 1. The molecule has 23 heavy (non-hydrogen) atoms. The lowest BCUT2D eigenvalue weighted by atomic mass is 10.1. The van der Waals surface area contributed by atoms with Crippen LogP contribution < -0.4 is 0 Å². The van der Waals surface area contributed by atoms with Crippen molar-refractivity contribution in [3.63, 3.8) is 0 Å². The summed E-state index contributed by atoms with van der Waals surface area (Å²) in [5, 5.41) is 18.1. The van der Waals surface area contributed by atoms with Gasteiger partial charge in [0, 0.05) is 11.1 Å². The van der Waals surface area contributed by atoms with Crippen LogP contribution in [0.15, 0.2) is 48.5 Å². The van der Waals surface area contributed by atoms with Crippen LogP contribution in [0.3, 0.4) is 0 Å². The number of carboxylic acid groups (broad SMARTS) is 1. The Morgan fingerprint density at radius 2 is 1.70 bits per heavy atom. The average Bonchev–Trinajstić information content (AvgIpc) is 3.01. The molecule has 2 aromatic carbocycles. The maximum Gasteiger partial charge on any atom is 0.354 e. The number of nitrogens with zero attached hydrogens (tertiary/aromatic N) is 2. The van der Waals surface area contributed by atoms with E-state index in [1.165, 1.54) is 24.3 Å². The lowest BCUT2D eigenvalue weighted by molar-refractivity contribution is 0.0692. The molecule has 0 atom stereocenters. The lowest BCUT2D eigenvalue weighted by Crippen LogP contribution is -1.99. The molecule has 6 heteroatoms. The second-order valence-electron chi connectivity index (χ2n) is 4.81. The first kappa shape index (κ1) is 14.5. The van der Waals surface area contributed by atoms with Crippen molar-refractivity contribution >= 4 is 5.97 Å². The van der Waals surface area contributed by atoms with Crippen molar-refractivity contribution in [2.24, 2.45) is 0 Å². The van der Waals surface area contributed by atoms with Crippen LogP contribution in [-0.2, 0) is 0 Å². The Morgan fingerprint density at radius 3 is 2.26 bits per heavy atom. The van der Waals surface area contributed by atoms with E-state index in [-0.39, 0.29) is 11.4 Å². The Labute approximate surface area is 130 Å². The summed E-state index contributed by atoms with van der Waals surface area (Å²) in [6.45, 7) is 0. The number of rotatable bonds is 3. The Bertz CT molecular complexity index is 907. The fraction of sp³-hybridized carbons (Fsp3) is 0. The molecule has 112 valence electrons. The number of imidazole rings is 1. The van der Waals surface area contributed by atoms with Gasteiger partial charge in [0.25, 0.3) is 0 Å². The monoisotopic (exact) mass is 307 g/mol. The van der Waals surface area contributed by atoms with E-state index in [0.29, 0.717) is 22.5 Å². The summed E-state index contributed by atoms with van der Waals surface area (Å²) in [6, 6.07) is 14.0. The summed E-state index contributed by atoms with van der Waals surface area (Å²) in [4.78, 5) is 18.5. The second kappa shape index (κ2) is 5.73. The second-order valence-corrected chi connectivity index (χ2v) is 4.81. The normalized spacial score (nSPS) is 10.3. The first-order valence-electron chi connectivity index (χ1n) is 6.68. The van der Waals surface area contributed by atoms with Crippen LogP contribution >= 0.6 is 0 Å². The van der Waals surface area contributed by atoms with E-state index < -0.39 is 11.8 Å². The predicted octanol–water partition coefficient (Wildman–Crippen LogP) is 3.45. The molecule has 0 spiro atoms. The van der Waals surface area contributed by atoms with Gasteiger partial charge < -0.3 is 10.1 Å². The van der Waals surface area contributed by atoms with Crippen LogP contribution in [-0.4, -0.2) is 21.0 Å². The van der Waals surface area contributed by atoms with Gasteiger partial charge in [-0.3, -0.25) is 0 Å². The molecule has 0 aliphatic carbocycles. The first-order valence-corrected chi connectivity index (χ1v) is 6.68. The van der Waals surface area contributed by atoms with E-state index in [0.717, 1.165) is 0 Å². The van der Waals surface area contributed by atoms with Crippen molar-refractivity contribution in [3.8, 4) is 28.7 Å². The largest absolute Gasteiger partial charge is 0.477 e. The standard InChI is InChI=1S/C17H10FN3O2/c18-13-7-5-11(6-8-13)14-15(17(22)23)21-16(20-14)12-3-1-10(9-19)2-4-12/h1-8H,(H,20,21)(H,22,23). The minimum atomic E-state index is -1.16. The van der Waals surface area contributed by atoms with Gasteiger partial charge in [-0.25, -0.2) is 14.2 Å². The summed E-state index contributed by atoms with van der Waals surface area (Å²) in [6.07, 6.45) is 0. The fourth-order valence-corrected chi connectivity index (χ4v) is 2.18. The molecular weight excluding hydrogens is 297 g/mol. The highest BCUT2D eigenvalue weighted by Gasteiger charge is 2.18. The van der Waals surface area contributed by atoms with Crippen LogP contribution in [0.4, 0.5) is 4.39 Å². The van der Waals surface area contributed by atoms with Crippen molar-refractivity contribution in [3.05, 3.63) is 65.6 Å². The zero-order chi connectivity index (χ0) is 16.4. The first-order chi connectivity index (χ1) is 11.1. The van der Waals surface area contributed by atoms with Gasteiger partial charge in [-0.05, 0) is 48.5 Å². The maximum absolute atomic E-state index is 13.0. The minimum absolute atomic E-state index is 0.0732. The molecule has 0 aliphatic heterocycles. The summed E-state index contributed by atoms with van der Waals surface area (Å²) in [7, 11) is 0. The van der Waals surface area contributed by atoms with E-state index in [1.807, 2.05) is 6.07 Å². The molecule has 1 aromatic heterocycles. The van der Waals surface area contributed by atoms with E-state index in [2.05, 4.69) is 9.97 Å². The maximum atomic E-state index is 13.0. The number of H-pyrrole nitrogens is 1. The molecular formula is C17H10FN3O2. The number of benzene rings is 2. The average molecular weight is 307 g/mol. The SMILES string of the molecule is N#Cc1ccc(-c2nc(-c3ccc(F)cc3)c(C(=O)O)[nH]2)cc1. The molecule has 1 heterocycles. The number of halogens is 1. The molecule has 0 radical (unpaired) electrons. The molecule has 2 N–H and O–H groups in total. The number of hydrogen-bond acceptors (Lipinski definition) is 3. The number of nitriles is 1. The molecule has 0 unspecified atom stereocenters. The van der Waals surface area contributed by atoms with Gasteiger partial charge in [0.1, 0.15) is 17.3 Å². The van der Waals surface area contributed by atoms with Gasteiger partial charge >= 0.3 is 5.97 Å². The highest BCUT2D eigenvalue weighted by atomic mass is 19.1. The van der Waals surface area contributed by atoms with Gasteiger partial charge in [-0.1, -0.05) is 0 Å². The molecule has 0 aliphatic rings. The molecule has 5 nitrogen and oxygen atoms in total. The smallest absolute Gasteiger partial charge is 0.354 e. The van der Waals surface area contributed by atoms with Crippen molar-refractivity contribution < 1.29 is 14.3 Å². The van der Waals surface area contributed by atoms with Crippen LogP contribution in [0, 0.1) is 17.1 Å². The van der Waals surface area contributed by atoms with Crippen molar-refractivity contribution in [2.45, 2.75) is 0 Å². The topological polar surface area (TPSA) is 89.8 Å². The highest BCUT2D eigenvalue weighted by molar-refractivity contribution is 5.94. The molecule has 0 fully saturated rings. The van der Waals surface area contributed by atoms with E-state index in [4.69, 9.17) is 5.26 Å². The molecule has 0 bridgehead atoms. The molecule has 3 aromatic rings. The summed E-state index contributed by atoms with van der Waals surface area (Å²) >= 11 is 0. The van der Waals surface area contributed by atoms with Crippen LogP contribution in [0.5, 0.6) is 0 Å². The highest BCUT2D eigenvalue weighted by Crippen LogP contribution is 2.26. The molecule has 0 saturated heterocycles. The third-order valence-corrected chi connectivity index (χ3v) is 3.32. The zero-order valence-corrected chi connectivity index (χ0v) is 11.7. The summed E-state index contributed by atoms with van der Waals surface area (Å²) < 4.78 is 13.0. The number of nitrogens with one attached hydrogen (secondary N) is 1. The quantitative estimate of drug-likeness (QED) is 0.775. The van der Waals surface area contributed by atoms with Gasteiger partial charge in [0.05, 0.1) is 11.6 Å². The van der Waals surface area contributed by atoms with E-state index >= 15 is 0 Å². The van der Waals surface area contributed by atoms with Gasteiger partial charge in [0.15, 0.2) is 5.69 Å². The van der Waals surface area contributed by atoms with Crippen LogP contribution in [0.1, 0.15) is 16.1 Å². The third-order valence-electron chi connectivity index (χ3n) is 3.32. The minimum Gasteiger partial charge on any atom is -0.477 e. The number of carboxylic acids is 1. The van der Waals surface area contributed by atoms with Crippen molar-refractivity contribution in [1.29, 1.82) is 5.26 Å². The van der Waals surface area contributed by atoms with Gasteiger partial charge in [-0.2, -0.15) is 5.26 Å². The predicted molar refractivity (Wildman–Crippen MR) is 81.1 cm³/mol. The zero-order valence-electron chi connectivity index (χ0n) is 11.7. The third kappa shape index (κ3) is 2.80. The molecule has 0 amide bonds. The summed E-state index contributed by atoms with van der Waals surface area (Å²) in [5.74, 6) is -1.20. The van der Waals surface area contributed by atoms with Gasteiger partial charge in [-0.15, -0.1) is 0 Å². The lowest BCUT2D eigenvalue weighted by Gasteiger charge is -1.98. The number of carbonyl (C=O) groups is 1. The van der Waals surface area contributed by atoms with E-state index in [1.54, 1.807) is 24.3 Å². The Kier molecular flexibility index (Phi) is 3.61. The van der Waals surface area contributed by atoms with E-state index in [9.17, 15) is 14.3 Å². The van der Waals surface area contributed by atoms with Gasteiger partial charge in [0.2, 0.25) is 0 Å². The van der Waals surface area contributed by atoms with Crippen LogP contribution in [0.2, 0.25) is 0 Å². The van der Waals surface area contributed by atoms with Crippen molar-refractivity contribution in [1.82, 2.24) is 9.97 Å². The number of aromatic nitrogens is 2. The van der Waals surface area contributed by atoms with Crippen LogP contribution in [0.25, 0.3) is 22.6 Å². The molecule has 3 rings (SSSR count).